The molecule has 2 aromatic carbocycles. The molecule has 1 aliphatic rings. The molecule has 3 rings (SSSR count). The Morgan fingerprint density at radius 2 is 1.84 bits per heavy atom. The Kier molecular flexibility index (Phi) is 3.24. The van der Waals surface area contributed by atoms with E-state index in [1.165, 1.54) is 22.4 Å². The molecule has 98 valence electrons. The van der Waals surface area contributed by atoms with Crippen LogP contribution in [0.5, 0.6) is 0 Å². The molecule has 2 aromatic rings. The van der Waals surface area contributed by atoms with Crippen LogP contribution in [0.2, 0.25) is 5.02 Å². The van der Waals surface area contributed by atoms with Gasteiger partial charge in [-0.15, -0.1) is 0 Å². The monoisotopic (exact) mass is 271 g/mol. The number of fused-ring (bicyclic) bond motifs is 1. The van der Waals surface area contributed by atoms with Crippen LogP contribution in [0.4, 0.5) is 5.69 Å². The average Bonchev–Trinajstić information content (AvgIpc) is 2.41. The molecule has 0 saturated carbocycles. The predicted molar refractivity (Wildman–Crippen MR) is 82.0 cm³/mol. The molecule has 1 heterocycles. The van der Waals surface area contributed by atoms with Crippen LogP contribution < -0.4 is 5.32 Å². The van der Waals surface area contributed by atoms with Crippen LogP contribution in [0.3, 0.4) is 0 Å². The molecule has 2 heteroatoms. The maximum Gasteiger partial charge on any atom is 0.0519 e. The third-order valence-electron chi connectivity index (χ3n) is 4.02. The minimum atomic E-state index is 0.376. The SMILES string of the molecule is Cc1cccc2c1N[C@H](c1ccc(Cl)cc1)C[C@H]2C. The van der Waals surface area contributed by atoms with Gasteiger partial charge in [-0.05, 0) is 48.1 Å². The Morgan fingerprint density at radius 3 is 2.58 bits per heavy atom. The van der Waals surface area contributed by atoms with E-state index in [-0.39, 0.29) is 0 Å². The van der Waals surface area contributed by atoms with E-state index in [4.69, 9.17) is 11.6 Å². The number of rotatable bonds is 1. The second-order valence-electron chi connectivity index (χ2n) is 5.42. The predicted octanol–water partition coefficient (Wildman–Crippen LogP) is 5.31. The van der Waals surface area contributed by atoms with Gasteiger partial charge in [0.05, 0.1) is 6.04 Å². The van der Waals surface area contributed by atoms with Gasteiger partial charge >= 0.3 is 0 Å². The van der Waals surface area contributed by atoms with Gasteiger partial charge in [0.15, 0.2) is 0 Å². The van der Waals surface area contributed by atoms with E-state index < -0.39 is 0 Å². The fourth-order valence-corrected chi connectivity index (χ4v) is 3.05. The molecular formula is C17H18ClN. The molecule has 0 saturated heterocycles. The summed E-state index contributed by atoms with van der Waals surface area (Å²) in [5.41, 5.74) is 5.37. The topological polar surface area (TPSA) is 12.0 Å². The first kappa shape index (κ1) is 12.6. The van der Waals surface area contributed by atoms with Crippen LogP contribution in [0.25, 0.3) is 0 Å². The van der Waals surface area contributed by atoms with Crippen molar-refractivity contribution in [1.82, 2.24) is 0 Å². The van der Waals surface area contributed by atoms with Crippen LogP contribution in [0, 0.1) is 6.92 Å². The Labute approximate surface area is 119 Å². The molecule has 19 heavy (non-hydrogen) atoms. The Hall–Kier alpha value is -1.47. The molecule has 1 aliphatic heterocycles. The van der Waals surface area contributed by atoms with E-state index in [0.717, 1.165) is 11.4 Å². The van der Waals surface area contributed by atoms with Crippen molar-refractivity contribution < 1.29 is 0 Å². The van der Waals surface area contributed by atoms with Crippen molar-refractivity contribution in [2.24, 2.45) is 0 Å². The smallest absolute Gasteiger partial charge is 0.0519 e. The van der Waals surface area contributed by atoms with Crippen molar-refractivity contribution in [2.45, 2.75) is 32.2 Å². The lowest BCUT2D eigenvalue weighted by Gasteiger charge is -2.33. The number of halogens is 1. The maximum atomic E-state index is 5.97. The van der Waals surface area contributed by atoms with Gasteiger partial charge in [-0.3, -0.25) is 0 Å². The second-order valence-corrected chi connectivity index (χ2v) is 5.86. The quantitative estimate of drug-likeness (QED) is 0.741. The number of hydrogen-bond acceptors (Lipinski definition) is 1. The van der Waals surface area contributed by atoms with Crippen molar-refractivity contribution in [3.05, 3.63) is 64.2 Å². The zero-order valence-corrected chi connectivity index (χ0v) is 12.0. The van der Waals surface area contributed by atoms with Gasteiger partial charge in [0.1, 0.15) is 0 Å². The highest BCUT2D eigenvalue weighted by atomic mass is 35.5. The lowest BCUT2D eigenvalue weighted by molar-refractivity contribution is 0.578. The van der Waals surface area contributed by atoms with Gasteiger partial charge < -0.3 is 5.32 Å². The van der Waals surface area contributed by atoms with Crippen LogP contribution in [0.1, 0.15) is 42.0 Å². The molecule has 0 fully saturated rings. The van der Waals surface area contributed by atoms with Gasteiger partial charge in [0, 0.05) is 10.7 Å². The van der Waals surface area contributed by atoms with Crippen LogP contribution in [-0.2, 0) is 0 Å². The van der Waals surface area contributed by atoms with Crippen molar-refractivity contribution in [2.75, 3.05) is 5.32 Å². The lowest BCUT2D eigenvalue weighted by atomic mass is 9.84. The maximum absolute atomic E-state index is 5.97. The van der Waals surface area contributed by atoms with Gasteiger partial charge in [0.2, 0.25) is 0 Å². The molecule has 0 radical (unpaired) electrons. The fourth-order valence-electron chi connectivity index (χ4n) is 2.93. The van der Waals surface area contributed by atoms with E-state index in [2.05, 4.69) is 49.5 Å². The van der Waals surface area contributed by atoms with Gasteiger partial charge in [-0.2, -0.15) is 0 Å². The Balaban J connectivity index is 1.96. The van der Waals surface area contributed by atoms with Crippen LogP contribution in [0.15, 0.2) is 42.5 Å². The van der Waals surface area contributed by atoms with E-state index in [0.29, 0.717) is 12.0 Å². The van der Waals surface area contributed by atoms with Crippen LogP contribution >= 0.6 is 11.6 Å². The van der Waals surface area contributed by atoms with E-state index >= 15 is 0 Å². The minimum absolute atomic E-state index is 0.376. The minimum Gasteiger partial charge on any atom is -0.378 e. The molecular weight excluding hydrogens is 254 g/mol. The first-order chi connectivity index (χ1) is 9.15. The van der Waals surface area contributed by atoms with Gasteiger partial charge in [-0.1, -0.05) is 48.9 Å². The number of anilines is 1. The van der Waals surface area contributed by atoms with E-state index in [9.17, 15) is 0 Å². The summed E-state index contributed by atoms with van der Waals surface area (Å²) in [5.74, 6) is 0.580. The molecule has 0 spiro atoms. The van der Waals surface area contributed by atoms with Crippen molar-refractivity contribution in [3.63, 3.8) is 0 Å². The van der Waals surface area contributed by atoms with E-state index in [1.807, 2.05) is 12.1 Å². The van der Waals surface area contributed by atoms with Crippen molar-refractivity contribution in [3.8, 4) is 0 Å². The molecule has 0 amide bonds. The highest BCUT2D eigenvalue weighted by Gasteiger charge is 2.25. The third-order valence-corrected chi connectivity index (χ3v) is 4.27. The summed E-state index contributed by atoms with van der Waals surface area (Å²) < 4.78 is 0. The molecule has 1 N–H and O–H groups in total. The van der Waals surface area contributed by atoms with Crippen molar-refractivity contribution in [1.29, 1.82) is 0 Å². The summed E-state index contributed by atoms with van der Waals surface area (Å²) in [6.45, 7) is 4.48. The fraction of sp³-hybridized carbons (Fsp3) is 0.294. The molecule has 2 atom stereocenters. The first-order valence-corrected chi connectivity index (χ1v) is 7.14. The summed E-state index contributed by atoms with van der Waals surface area (Å²) in [6, 6.07) is 15.1. The second kappa shape index (κ2) is 4.90. The Morgan fingerprint density at radius 1 is 1.11 bits per heavy atom. The lowest BCUT2D eigenvalue weighted by Crippen LogP contribution is -2.21. The Bertz CT molecular complexity index is 589. The molecule has 0 aromatic heterocycles. The average molecular weight is 272 g/mol. The van der Waals surface area contributed by atoms with Crippen molar-refractivity contribution >= 4 is 17.3 Å². The van der Waals surface area contributed by atoms with Crippen LogP contribution in [-0.4, -0.2) is 0 Å². The molecule has 1 nitrogen and oxygen atoms in total. The summed E-state index contributed by atoms with van der Waals surface area (Å²) in [6.07, 6.45) is 1.12. The largest absolute Gasteiger partial charge is 0.378 e. The van der Waals surface area contributed by atoms with E-state index in [1.54, 1.807) is 0 Å². The summed E-state index contributed by atoms with van der Waals surface area (Å²) in [5, 5.41) is 4.48. The molecule has 0 unspecified atom stereocenters. The summed E-state index contributed by atoms with van der Waals surface area (Å²) in [7, 11) is 0. The zero-order chi connectivity index (χ0) is 13.4. The number of aryl methyl sites for hydroxylation is 1. The van der Waals surface area contributed by atoms with Gasteiger partial charge in [-0.25, -0.2) is 0 Å². The van der Waals surface area contributed by atoms with Gasteiger partial charge in [0.25, 0.3) is 0 Å². The number of para-hydroxylation sites is 1. The molecule has 0 bridgehead atoms. The third kappa shape index (κ3) is 2.35. The first-order valence-electron chi connectivity index (χ1n) is 6.76. The normalized spacial score (nSPS) is 21.6. The summed E-state index contributed by atoms with van der Waals surface area (Å²) in [4.78, 5) is 0. The molecule has 0 aliphatic carbocycles. The number of nitrogens with one attached hydrogen (secondary N) is 1. The zero-order valence-electron chi connectivity index (χ0n) is 11.3. The summed E-state index contributed by atoms with van der Waals surface area (Å²) >= 11 is 5.97. The highest BCUT2D eigenvalue weighted by Crippen LogP contribution is 2.41. The number of hydrogen-bond donors (Lipinski definition) is 1. The standard InChI is InChI=1S/C17H18ClN/c1-11-4-3-5-15-12(2)10-16(19-17(11)15)13-6-8-14(18)9-7-13/h3-9,12,16,19H,10H2,1-2H3/t12-,16+/m1/s1. The number of benzene rings is 2. The highest BCUT2D eigenvalue weighted by molar-refractivity contribution is 6.30.